The molecule has 1 atom stereocenters. The zero-order chi connectivity index (χ0) is 20.2. The Bertz CT molecular complexity index is 824. The van der Waals surface area contributed by atoms with E-state index in [0.717, 1.165) is 62.4 Å². The number of nitrogens with zero attached hydrogens (tertiary/aromatic N) is 3. The number of hydrogen-bond acceptors (Lipinski definition) is 4. The number of H-pyrrole nitrogens is 1. The molecular formula is C23H35N5O. The van der Waals surface area contributed by atoms with Crippen molar-refractivity contribution in [2.75, 3.05) is 37.6 Å². The highest BCUT2D eigenvalue weighted by Gasteiger charge is 2.26. The Morgan fingerprint density at radius 1 is 1.21 bits per heavy atom. The maximum Gasteiger partial charge on any atom is 0.223 e. The fraction of sp³-hybridized carbons (Fsp3) is 0.652. The number of anilines is 1. The molecule has 1 aromatic heterocycles. The second-order valence-corrected chi connectivity index (χ2v) is 8.87. The molecule has 0 saturated carbocycles. The molecule has 2 fully saturated rings. The van der Waals surface area contributed by atoms with Crippen molar-refractivity contribution >= 4 is 22.9 Å². The van der Waals surface area contributed by atoms with Crippen LogP contribution in [0, 0.1) is 12.8 Å². The maximum atomic E-state index is 12.6. The van der Waals surface area contributed by atoms with Crippen LogP contribution in [0.1, 0.15) is 51.0 Å². The third-order valence-electron chi connectivity index (χ3n) is 6.65. The SMILES string of the molecule is Cc1ccc2nc(N3CCC(C(=O)NCCCN4CCCC[C@H]4C)CC3)[nH]c2c1. The third kappa shape index (κ3) is 4.92. The molecule has 29 heavy (non-hydrogen) atoms. The summed E-state index contributed by atoms with van der Waals surface area (Å²) in [5.41, 5.74) is 3.33. The standard InChI is InChI=1S/C23H35N5O/c1-17-7-8-20-21(16-17)26-23(25-20)28-14-9-19(10-15-28)22(29)24-11-5-13-27-12-4-3-6-18(27)2/h7-8,16,18-19H,3-6,9-15H2,1-2H3,(H,24,29)(H,25,26)/t18-/m1/s1. The van der Waals surface area contributed by atoms with Gasteiger partial charge in [-0.15, -0.1) is 0 Å². The maximum absolute atomic E-state index is 12.6. The quantitative estimate of drug-likeness (QED) is 0.733. The van der Waals surface area contributed by atoms with E-state index in [1.54, 1.807) is 0 Å². The van der Waals surface area contributed by atoms with Gasteiger partial charge in [0, 0.05) is 38.1 Å². The van der Waals surface area contributed by atoms with Gasteiger partial charge in [-0.2, -0.15) is 0 Å². The molecule has 4 rings (SSSR count). The van der Waals surface area contributed by atoms with Gasteiger partial charge in [0.15, 0.2) is 0 Å². The van der Waals surface area contributed by atoms with Gasteiger partial charge in [-0.05, 0) is 70.2 Å². The highest BCUT2D eigenvalue weighted by Crippen LogP contribution is 2.24. The van der Waals surface area contributed by atoms with Crippen molar-refractivity contribution in [3.8, 4) is 0 Å². The van der Waals surface area contributed by atoms with Gasteiger partial charge in [-0.3, -0.25) is 4.79 Å². The molecule has 1 amide bonds. The number of aryl methyl sites for hydroxylation is 1. The van der Waals surface area contributed by atoms with Crippen molar-refractivity contribution in [2.24, 2.45) is 5.92 Å². The first-order chi connectivity index (χ1) is 14.1. The summed E-state index contributed by atoms with van der Waals surface area (Å²) in [6.45, 7) is 9.29. The number of aromatic amines is 1. The lowest BCUT2D eigenvalue weighted by Crippen LogP contribution is -2.42. The predicted molar refractivity (Wildman–Crippen MR) is 118 cm³/mol. The van der Waals surface area contributed by atoms with E-state index >= 15 is 0 Å². The van der Waals surface area contributed by atoms with Gasteiger partial charge in [-0.1, -0.05) is 12.5 Å². The van der Waals surface area contributed by atoms with Gasteiger partial charge in [0.2, 0.25) is 11.9 Å². The summed E-state index contributed by atoms with van der Waals surface area (Å²) < 4.78 is 0. The van der Waals surface area contributed by atoms with Crippen molar-refractivity contribution in [3.05, 3.63) is 23.8 Å². The van der Waals surface area contributed by atoms with Crippen LogP contribution in [0.3, 0.4) is 0 Å². The normalized spacial score (nSPS) is 21.6. The number of carbonyl (C=O) groups is 1. The largest absolute Gasteiger partial charge is 0.356 e. The molecule has 0 unspecified atom stereocenters. The lowest BCUT2D eigenvalue weighted by Gasteiger charge is -2.33. The molecule has 0 bridgehead atoms. The van der Waals surface area contributed by atoms with Crippen molar-refractivity contribution in [1.82, 2.24) is 20.2 Å². The van der Waals surface area contributed by atoms with Crippen molar-refractivity contribution in [1.29, 1.82) is 0 Å². The summed E-state index contributed by atoms with van der Waals surface area (Å²) in [6, 6.07) is 6.99. The highest BCUT2D eigenvalue weighted by molar-refractivity contribution is 5.80. The van der Waals surface area contributed by atoms with E-state index in [4.69, 9.17) is 4.98 Å². The number of imidazole rings is 1. The number of fused-ring (bicyclic) bond motifs is 1. The molecule has 2 N–H and O–H groups in total. The molecular weight excluding hydrogens is 362 g/mol. The minimum absolute atomic E-state index is 0.131. The smallest absolute Gasteiger partial charge is 0.223 e. The topological polar surface area (TPSA) is 64.3 Å². The van der Waals surface area contributed by atoms with Crippen LogP contribution in [0.15, 0.2) is 18.2 Å². The average molecular weight is 398 g/mol. The van der Waals surface area contributed by atoms with E-state index in [-0.39, 0.29) is 11.8 Å². The molecule has 0 radical (unpaired) electrons. The molecule has 0 spiro atoms. The van der Waals surface area contributed by atoms with Crippen LogP contribution in [0.4, 0.5) is 5.95 Å². The van der Waals surface area contributed by atoms with Crippen LogP contribution < -0.4 is 10.2 Å². The number of benzene rings is 1. The van der Waals surface area contributed by atoms with E-state index in [0.29, 0.717) is 6.04 Å². The first-order valence-electron chi connectivity index (χ1n) is 11.3. The Kier molecular flexibility index (Phi) is 6.38. The summed E-state index contributed by atoms with van der Waals surface area (Å²) in [7, 11) is 0. The molecule has 2 saturated heterocycles. The van der Waals surface area contributed by atoms with Gasteiger partial charge in [-0.25, -0.2) is 4.98 Å². The van der Waals surface area contributed by atoms with Crippen LogP contribution >= 0.6 is 0 Å². The fourth-order valence-electron chi connectivity index (χ4n) is 4.74. The van der Waals surface area contributed by atoms with Gasteiger partial charge in [0.1, 0.15) is 0 Å². The zero-order valence-corrected chi connectivity index (χ0v) is 17.9. The minimum Gasteiger partial charge on any atom is -0.356 e. The number of rotatable bonds is 6. The first kappa shape index (κ1) is 20.2. The molecule has 158 valence electrons. The number of aromatic nitrogens is 2. The number of hydrogen-bond donors (Lipinski definition) is 2. The van der Waals surface area contributed by atoms with E-state index in [1.165, 1.54) is 31.4 Å². The highest BCUT2D eigenvalue weighted by atomic mass is 16.1. The summed E-state index contributed by atoms with van der Waals surface area (Å²) in [5, 5.41) is 3.18. The van der Waals surface area contributed by atoms with E-state index in [1.807, 2.05) is 0 Å². The molecule has 6 nitrogen and oxygen atoms in total. The Morgan fingerprint density at radius 3 is 2.83 bits per heavy atom. The first-order valence-corrected chi connectivity index (χ1v) is 11.3. The molecule has 3 heterocycles. The lowest BCUT2D eigenvalue weighted by atomic mass is 9.96. The molecule has 1 aromatic carbocycles. The Morgan fingerprint density at radius 2 is 2.03 bits per heavy atom. The fourth-order valence-corrected chi connectivity index (χ4v) is 4.74. The molecule has 2 aliphatic rings. The van der Waals surface area contributed by atoms with Gasteiger partial charge >= 0.3 is 0 Å². The van der Waals surface area contributed by atoms with Gasteiger partial charge in [0.05, 0.1) is 11.0 Å². The van der Waals surface area contributed by atoms with Crippen LogP contribution in [0.5, 0.6) is 0 Å². The van der Waals surface area contributed by atoms with Crippen LogP contribution in [0.2, 0.25) is 0 Å². The average Bonchev–Trinajstić information content (AvgIpc) is 3.15. The number of likely N-dealkylation sites (tertiary alicyclic amines) is 1. The zero-order valence-electron chi connectivity index (χ0n) is 17.9. The van der Waals surface area contributed by atoms with Crippen LogP contribution in [-0.4, -0.2) is 59.5 Å². The number of amides is 1. The van der Waals surface area contributed by atoms with Gasteiger partial charge < -0.3 is 20.1 Å². The molecule has 6 heteroatoms. The lowest BCUT2D eigenvalue weighted by molar-refractivity contribution is -0.125. The van der Waals surface area contributed by atoms with Crippen molar-refractivity contribution in [3.63, 3.8) is 0 Å². The Hall–Kier alpha value is -2.08. The second kappa shape index (κ2) is 9.16. The number of carbonyl (C=O) groups excluding carboxylic acids is 1. The number of piperidine rings is 2. The van der Waals surface area contributed by atoms with Crippen LogP contribution in [0.25, 0.3) is 11.0 Å². The van der Waals surface area contributed by atoms with E-state index in [9.17, 15) is 4.79 Å². The summed E-state index contributed by atoms with van der Waals surface area (Å²) >= 11 is 0. The van der Waals surface area contributed by atoms with E-state index in [2.05, 4.69) is 52.1 Å². The summed E-state index contributed by atoms with van der Waals surface area (Å²) in [5.74, 6) is 1.29. The molecule has 2 aromatic rings. The van der Waals surface area contributed by atoms with Crippen molar-refractivity contribution in [2.45, 2.75) is 58.4 Å². The Balaban J connectivity index is 1.20. The number of nitrogens with one attached hydrogen (secondary N) is 2. The molecule has 0 aliphatic carbocycles. The predicted octanol–water partition coefficient (Wildman–Crippen LogP) is 3.47. The second-order valence-electron chi connectivity index (χ2n) is 8.87. The van der Waals surface area contributed by atoms with Crippen LogP contribution in [-0.2, 0) is 4.79 Å². The Labute approximate surface area is 174 Å². The van der Waals surface area contributed by atoms with E-state index < -0.39 is 0 Å². The third-order valence-corrected chi connectivity index (χ3v) is 6.65. The van der Waals surface area contributed by atoms with Gasteiger partial charge in [0.25, 0.3) is 0 Å². The molecule has 2 aliphatic heterocycles. The van der Waals surface area contributed by atoms with Crippen molar-refractivity contribution < 1.29 is 4.79 Å². The summed E-state index contributed by atoms with van der Waals surface area (Å²) in [4.78, 5) is 25.6. The minimum atomic E-state index is 0.131. The monoisotopic (exact) mass is 397 g/mol. The summed E-state index contributed by atoms with van der Waals surface area (Å²) in [6.07, 6.45) is 6.83.